The highest BCUT2D eigenvalue weighted by atomic mass is 32.2. The molecule has 3 aromatic carbocycles. The number of nitrogens with zero attached hydrogens (tertiary/aromatic N) is 3. The molecule has 1 aromatic heterocycles. The number of anilines is 2. The zero-order valence-corrected chi connectivity index (χ0v) is 17.4. The van der Waals surface area contributed by atoms with Crippen LogP contribution in [0.25, 0.3) is 22.5 Å². The summed E-state index contributed by atoms with van der Waals surface area (Å²) in [6.07, 6.45) is 0. The summed E-state index contributed by atoms with van der Waals surface area (Å²) in [6.45, 7) is 0. The molecule has 0 radical (unpaired) electrons. The van der Waals surface area contributed by atoms with Gasteiger partial charge in [-0.05, 0) is 54.6 Å². The smallest absolute Gasteiger partial charge is 0.118 e. The summed E-state index contributed by atoms with van der Waals surface area (Å²) in [4.78, 5) is 4.80. The van der Waals surface area contributed by atoms with E-state index in [1.807, 2.05) is 47.8 Å². The third kappa shape index (κ3) is 3.08. The summed E-state index contributed by atoms with van der Waals surface area (Å²) in [7, 11) is 5.80. The molecule has 1 aliphatic rings. The molecule has 0 saturated heterocycles. The Labute approximate surface area is 174 Å². The molecule has 0 amide bonds. The Balaban J connectivity index is 1.52. The fraction of sp³-hybridized carbons (Fsp3) is 0.125. The molecule has 4 nitrogen and oxygen atoms in total. The van der Waals surface area contributed by atoms with Crippen LogP contribution in [0.3, 0.4) is 0 Å². The van der Waals surface area contributed by atoms with E-state index in [1.165, 1.54) is 26.7 Å². The SMILES string of the molecule is COc1ccc(-c2cc(-c3ccc4c(c3)Sc3ccccc3N4C)n(C)n2)cc1. The molecule has 4 aromatic rings. The lowest BCUT2D eigenvalue weighted by Crippen LogP contribution is -2.14. The van der Waals surface area contributed by atoms with Crippen molar-refractivity contribution in [3.05, 3.63) is 72.8 Å². The molecule has 0 unspecified atom stereocenters. The molecule has 29 heavy (non-hydrogen) atoms. The Morgan fingerprint density at radius 1 is 0.793 bits per heavy atom. The molecule has 0 spiro atoms. The highest BCUT2D eigenvalue weighted by Crippen LogP contribution is 2.48. The van der Waals surface area contributed by atoms with Crippen LogP contribution in [0.4, 0.5) is 11.4 Å². The van der Waals surface area contributed by atoms with E-state index in [0.717, 1.165) is 22.7 Å². The average Bonchev–Trinajstić information content (AvgIpc) is 3.15. The minimum Gasteiger partial charge on any atom is -0.497 e. The number of benzene rings is 3. The van der Waals surface area contributed by atoms with Crippen molar-refractivity contribution in [2.24, 2.45) is 7.05 Å². The van der Waals surface area contributed by atoms with Crippen molar-refractivity contribution >= 4 is 23.1 Å². The van der Waals surface area contributed by atoms with E-state index in [0.29, 0.717) is 0 Å². The molecule has 0 saturated carbocycles. The first-order chi connectivity index (χ1) is 14.1. The summed E-state index contributed by atoms with van der Waals surface area (Å²) in [6, 6.07) is 25.3. The van der Waals surface area contributed by atoms with Crippen molar-refractivity contribution in [2.75, 3.05) is 19.1 Å². The second kappa shape index (κ2) is 7.01. The van der Waals surface area contributed by atoms with Gasteiger partial charge in [0, 0.05) is 35.0 Å². The monoisotopic (exact) mass is 399 g/mol. The molecule has 144 valence electrons. The van der Waals surface area contributed by atoms with Gasteiger partial charge in [0.25, 0.3) is 0 Å². The van der Waals surface area contributed by atoms with Gasteiger partial charge < -0.3 is 9.64 Å². The molecule has 0 fully saturated rings. The molecular formula is C24H21N3OS. The molecule has 5 heteroatoms. The largest absolute Gasteiger partial charge is 0.497 e. The van der Waals surface area contributed by atoms with Crippen LogP contribution in [-0.4, -0.2) is 23.9 Å². The lowest BCUT2D eigenvalue weighted by molar-refractivity contribution is 0.415. The van der Waals surface area contributed by atoms with E-state index in [9.17, 15) is 0 Å². The normalized spacial score (nSPS) is 12.4. The predicted octanol–water partition coefficient (Wildman–Crippen LogP) is 6.00. The van der Waals surface area contributed by atoms with Crippen molar-refractivity contribution in [3.63, 3.8) is 0 Å². The standard InChI is InChI=1S/C24H21N3OS/c1-26-20-6-4-5-7-23(20)29-24-14-17(10-13-21(24)26)22-15-19(25-27(22)2)16-8-11-18(28-3)12-9-16/h4-15H,1-3H3. The van der Waals surface area contributed by atoms with Crippen LogP contribution in [0.5, 0.6) is 5.75 Å². The number of rotatable bonds is 3. The molecule has 2 heterocycles. The minimum absolute atomic E-state index is 0.848. The van der Waals surface area contributed by atoms with Gasteiger partial charge in [-0.25, -0.2) is 0 Å². The van der Waals surface area contributed by atoms with Gasteiger partial charge in [-0.1, -0.05) is 30.0 Å². The van der Waals surface area contributed by atoms with Gasteiger partial charge >= 0.3 is 0 Å². The van der Waals surface area contributed by atoms with E-state index < -0.39 is 0 Å². The topological polar surface area (TPSA) is 30.3 Å². The third-order valence-corrected chi connectivity index (χ3v) is 6.44. The van der Waals surface area contributed by atoms with E-state index in [-0.39, 0.29) is 0 Å². The van der Waals surface area contributed by atoms with Crippen LogP contribution >= 0.6 is 11.8 Å². The Kier molecular flexibility index (Phi) is 4.32. The molecule has 0 N–H and O–H groups in total. The zero-order chi connectivity index (χ0) is 20.0. The minimum atomic E-state index is 0.848. The van der Waals surface area contributed by atoms with E-state index in [1.54, 1.807) is 7.11 Å². The fourth-order valence-corrected chi connectivity index (χ4v) is 4.93. The number of hydrogen-bond donors (Lipinski definition) is 0. The van der Waals surface area contributed by atoms with Crippen LogP contribution in [0.15, 0.2) is 82.6 Å². The maximum absolute atomic E-state index is 5.26. The summed E-state index contributed by atoms with van der Waals surface area (Å²) < 4.78 is 7.21. The van der Waals surface area contributed by atoms with Gasteiger partial charge in [-0.2, -0.15) is 5.10 Å². The highest BCUT2D eigenvalue weighted by Gasteiger charge is 2.21. The van der Waals surface area contributed by atoms with Gasteiger partial charge in [-0.3, -0.25) is 4.68 Å². The maximum Gasteiger partial charge on any atom is 0.118 e. The maximum atomic E-state index is 5.26. The molecule has 0 bridgehead atoms. The summed E-state index contributed by atoms with van der Waals surface area (Å²) in [5, 5.41) is 4.73. The Bertz CT molecular complexity index is 1200. The number of fused-ring (bicyclic) bond motifs is 2. The Hall–Kier alpha value is -3.18. The molecule has 1 aliphatic heterocycles. The van der Waals surface area contributed by atoms with E-state index in [4.69, 9.17) is 9.84 Å². The first kappa shape index (κ1) is 17.9. The summed E-state index contributed by atoms with van der Waals surface area (Å²) in [5.74, 6) is 0.848. The quantitative estimate of drug-likeness (QED) is 0.423. The molecule has 0 atom stereocenters. The van der Waals surface area contributed by atoms with E-state index in [2.05, 4.69) is 60.5 Å². The highest BCUT2D eigenvalue weighted by molar-refractivity contribution is 7.99. The predicted molar refractivity (Wildman–Crippen MR) is 119 cm³/mol. The number of para-hydroxylation sites is 1. The van der Waals surface area contributed by atoms with Crippen LogP contribution in [0.1, 0.15) is 0 Å². The fourth-order valence-electron chi connectivity index (χ4n) is 3.74. The number of aryl methyl sites for hydroxylation is 1. The zero-order valence-electron chi connectivity index (χ0n) is 16.6. The van der Waals surface area contributed by atoms with E-state index >= 15 is 0 Å². The summed E-state index contributed by atoms with van der Waals surface area (Å²) in [5.41, 5.74) is 6.78. The summed E-state index contributed by atoms with van der Waals surface area (Å²) >= 11 is 1.82. The molecule has 5 rings (SSSR count). The number of hydrogen-bond acceptors (Lipinski definition) is 4. The van der Waals surface area contributed by atoms with Crippen molar-refractivity contribution in [1.82, 2.24) is 9.78 Å². The van der Waals surface area contributed by atoms with Crippen molar-refractivity contribution in [3.8, 4) is 28.3 Å². The average molecular weight is 400 g/mol. The molecule has 0 aliphatic carbocycles. The number of methoxy groups -OCH3 is 1. The number of aromatic nitrogens is 2. The number of ether oxygens (including phenoxy) is 1. The van der Waals surface area contributed by atoms with Crippen LogP contribution in [0.2, 0.25) is 0 Å². The second-order valence-corrected chi connectivity index (χ2v) is 8.16. The molecular weight excluding hydrogens is 378 g/mol. The van der Waals surface area contributed by atoms with Crippen LogP contribution < -0.4 is 9.64 Å². The van der Waals surface area contributed by atoms with Crippen molar-refractivity contribution < 1.29 is 4.74 Å². The van der Waals surface area contributed by atoms with Gasteiger partial charge in [0.05, 0.1) is 29.9 Å². The van der Waals surface area contributed by atoms with Gasteiger partial charge in [0.2, 0.25) is 0 Å². The van der Waals surface area contributed by atoms with Gasteiger partial charge in [0.15, 0.2) is 0 Å². The van der Waals surface area contributed by atoms with Crippen molar-refractivity contribution in [2.45, 2.75) is 9.79 Å². The lowest BCUT2D eigenvalue weighted by atomic mass is 10.1. The Morgan fingerprint density at radius 2 is 1.52 bits per heavy atom. The van der Waals surface area contributed by atoms with Crippen molar-refractivity contribution in [1.29, 1.82) is 0 Å². The Morgan fingerprint density at radius 3 is 2.31 bits per heavy atom. The van der Waals surface area contributed by atoms with Crippen LogP contribution in [0, 0.1) is 0 Å². The van der Waals surface area contributed by atoms with Crippen LogP contribution in [-0.2, 0) is 7.05 Å². The second-order valence-electron chi connectivity index (χ2n) is 7.08. The first-order valence-corrected chi connectivity index (χ1v) is 10.3. The first-order valence-electron chi connectivity index (χ1n) is 9.47. The third-order valence-electron chi connectivity index (χ3n) is 5.33. The van der Waals surface area contributed by atoms with Gasteiger partial charge in [0.1, 0.15) is 5.75 Å². The van der Waals surface area contributed by atoms with Gasteiger partial charge in [-0.15, -0.1) is 0 Å². The lowest BCUT2D eigenvalue weighted by Gasteiger charge is -2.29.